The highest BCUT2D eigenvalue weighted by molar-refractivity contribution is 7.09. The van der Waals surface area contributed by atoms with E-state index in [0.29, 0.717) is 13.0 Å². The Hall–Kier alpha value is -1.63. The Morgan fingerprint density at radius 2 is 2.25 bits per heavy atom. The van der Waals surface area contributed by atoms with Crippen molar-refractivity contribution in [3.63, 3.8) is 0 Å². The lowest BCUT2D eigenvalue weighted by Crippen LogP contribution is -2.57. The van der Waals surface area contributed by atoms with Crippen LogP contribution in [0.2, 0.25) is 0 Å². The van der Waals surface area contributed by atoms with Gasteiger partial charge >= 0.3 is 12.0 Å². The van der Waals surface area contributed by atoms with Gasteiger partial charge in [-0.3, -0.25) is 4.79 Å². The molecule has 20 heavy (non-hydrogen) atoms. The van der Waals surface area contributed by atoms with Crippen LogP contribution in [0.4, 0.5) is 4.79 Å². The number of urea groups is 1. The molecule has 0 aromatic carbocycles. The summed E-state index contributed by atoms with van der Waals surface area (Å²) in [5.74, 6) is -0.872. The third-order valence-electron chi connectivity index (χ3n) is 3.47. The van der Waals surface area contributed by atoms with E-state index in [0.717, 1.165) is 30.0 Å². The molecule has 1 aliphatic rings. The number of nitrogens with one attached hydrogen (secondary N) is 2. The zero-order valence-electron chi connectivity index (χ0n) is 11.4. The van der Waals surface area contributed by atoms with E-state index >= 15 is 0 Å². The van der Waals surface area contributed by atoms with Crippen molar-refractivity contribution in [2.24, 2.45) is 0 Å². The van der Waals surface area contributed by atoms with E-state index in [-0.39, 0.29) is 12.5 Å². The number of aryl methyl sites for hydroxylation is 1. The average Bonchev–Trinajstić information content (AvgIpc) is 2.71. The lowest BCUT2D eigenvalue weighted by molar-refractivity contribution is -0.139. The summed E-state index contributed by atoms with van der Waals surface area (Å²) in [6, 6.07) is -0.292. The van der Waals surface area contributed by atoms with E-state index in [2.05, 4.69) is 15.6 Å². The molecule has 3 N–H and O–H groups in total. The van der Waals surface area contributed by atoms with E-state index in [9.17, 15) is 9.59 Å². The quantitative estimate of drug-likeness (QED) is 0.745. The summed E-state index contributed by atoms with van der Waals surface area (Å²) in [6.07, 6.45) is 3.12. The summed E-state index contributed by atoms with van der Waals surface area (Å²) in [7, 11) is 0. The van der Waals surface area contributed by atoms with Crippen LogP contribution >= 0.6 is 11.3 Å². The Bertz CT molecular complexity index is 497. The van der Waals surface area contributed by atoms with Crippen LogP contribution in [0.5, 0.6) is 0 Å². The lowest BCUT2D eigenvalue weighted by atomic mass is 9.74. The molecule has 0 unspecified atom stereocenters. The van der Waals surface area contributed by atoms with Gasteiger partial charge in [0.05, 0.1) is 17.0 Å². The van der Waals surface area contributed by atoms with Crippen LogP contribution in [-0.4, -0.2) is 34.2 Å². The first-order chi connectivity index (χ1) is 9.49. The molecular weight excluding hydrogens is 278 g/mol. The normalized spacial score (nSPS) is 16.2. The van der Waals surface area contributed by atoms with Crippen LogP contribution in [0, 0.1) is 6.92 Å². The Morgan fingerprint density at radius 1 is 1.50 bits per heavy atom. The fraction of sp³-hybridized carbons (Fsp3) is 0.615. The van der Waals surface area contributed by atoms with Gasteiger partial charge < -0.3 is 15.7 Å². The maximum atomic E-state index is 11.8. The minimum Gasteiger partial charge on any atom is -0.481 e. The number of thiazole rings is 1. The number of amides is 2. The number of carboxylic acids is 1. The molecule has 0 radical (unpaired) electrons. The summed E-state index contributed by atoms with van der Waals surface area (Å²) in [6.45, 7) is 2.44. The summed E-state index contributed by atoms with van der Waals surface area (Å²) in [5.41, 5.74) is 0.442. The number of aromatic nitrogens is 1. The fourth-order valence-electron chi connectivity index (χ4n) is 2.32. The van der Waals surface area contributed by atoms with Crippen molar-refractivity contribution < 1.29 is 14.7 Å². The van der Waals surface area contributed by atoms with Gasteiger partial charge in [0.2, 0.25) is 0 Å². The Balaban J connectivity index is 1.73. The van der Waals surface area contributed by atoms with Gasteiger partial charge in [0, 0.05) is 24.0 Å². The molecule has 2 rings (SSSR count). The average molecular weight is 297 g/mol. The Kier molecular flexibility index (Phi) is 4.59. The van der Waals surface area contributed by atoms with E-state index in [1.807, 2.05) is 12.3 Å². The van der Waals surface area contributed by atoms with Gasteiger partial charge in [0.25, 0.3) is 0 Å². The highest BCUT2D eigenvalue weighted by Gasteiger charge is 2.40. The van der Waals surface area contributed by atoms with Crippen molar-refractivity contribution in [1.29, 1.82) is 0 Å². The molecule has 7 heteroatoms. The van der Waals surface area contributed by atoms with E-state index in [1.54, 1.807) is 11.3 Å². The van der Waals surface area contributed by atoms with Gasteiger partial charge in [0.1, 0.15) is 0 Å². The summed E-state index contributed by atoms with van der Waals surface area (Å²) < 4.78 is 0. The van der Waals surface area contributed by atoms with Crippen LogP contribution in [-0.2, 0) is 11.2 Å². The van der Waals surface area contributed by atoms with Crippen LogP contribution in [0.25, 0.3) is 0 Å². The molecule has 6 nitrogen and oxygen atoms in total. The zero-order chi connectivity index (χ0) is 14.6. The van der Waals surface area contributed by atoms with Gasteiger partial charge in [-0.1, -0.05) is 0 Å². The molecule has 0 saturated heterocycles. The minimum absolute atomic E-state index is 0.00784. The summed E-state index contributed by atoms with van der Waals surface area (Å²) >= 11 is 1.58. The molecule has 0 bridgehead atoms. The number of rotatable bonds is 6. The van der Waals surface area contributed by atoms with Crippen molar-refractivity contribution >= 4 is 23.3 Å². The number of nitrogens with zero attached hydrogens (tertiary/aromatic N) is 1. The molecule has 2 amide bonds. The number of carbonyl (C=O) groups is 2. The lowest BCUT2D eigenvalue weighted by Gasteiger charge is -2.41. The third-order valence-corrected chi connectivity index (χ3v) is 4.50. The molecule has 110 valence electrons. The van der Waals surface area contributed by atoms with Crippen molar-refractivity contribution in [2.45, 2.75) is 44.6 Å². The zero-order valence-corrected chi connectivity index (χ0v) is 12.3. The van der Waals surface area contributed by atoms with Gasteiger partial charge in [0.15, 0.2) is 0 Å². The predicted molar refractivity (Wildman–Crippen MR) is 75.9 cm³/mol. The SMILES string of the molecule is Cc1csc(CCNC(=O)NC2(CC(=O)O)CCC2)n1. The number of carboxylic acid groups (broad SMARTS) is 1. The highest BCUT2D eigenvalue weighted by atomic mass is 32.1. The molecule has 1 saturated carbocycles. The molecule has 1 aliphatic carbocycles. The largest absolute Gasteiger partial charge is 0.481 e. The molecule has 1 fully saturated rings. The number of hydrogen-bond acceptors (Lipinski definition) is 4. The molecule has 1 aromatic rings. The maximum Gasteiger partial charge on any atom is 0.315 e. The summed E-state index contributed by atoms with van der Waals surface area (Å²) in [5, 5.41) is 17.4. The Labute approximate surface area is 121 Å². The van der Waals surface area contributed by atoms with E-state index in [1.165, 1.54) is 0 Å². The highest BCUT2D eigenvalue weighted by Crippen LogP contribution is 2.34. The molecule has 0 spiro atoms. The van der Waals surface area contributed by atoms with E-state index < -0.39 is 11.5 Å². The number of aliphatic carboxylic acids is 1. The van der Waals surface area contributed by atoms with Crippen LogP contribution in [0.3, 0.4) is 0 Å². The molecule has 0 atom stereocenters. The second-order valence-electron chi connectivity index (χ2n) is 5.22. The number of hydrogen-bond donors (Lipinski definition) is 3. The van der Waals surface area contributed by atoms with Gasteiger partial charge in [-0.25, -0.2) is 9.78 Å². The smallest absolute Gasteiger partial charge is 0.315 e. The van der Waals surface area contributed by atoms with Crippen molar-refractivity contribution in [2.75, 3.05) is 6.54 Å². The second-order valence-corrected chi connectivity index (χ2v) is 6.16. The van der Waals surface area contributed by atoms with Crippen molar-refractivity contribution in [3.8, 4) is 0 Å². The molecule has 0 aliphatic heterocycles. The van der Waals surface area contributed by atoms with Crippen molar-refractivity contribution in [3.05, 3.63) is 16.1 Å². The minimum atomic E-state index is -0.872. The van der Waals surface area contributed by atoms with E-state index in [4.69, 9.17) is 5.11 Å². The Morgan fingerprint density at radius 3 is 2.75 bits per heavy atom. The number of carbonyl (C=O) groups excluding carboxylic acids is 1. The molecule has 1 aromatic heterocycles. The first-order valence-corrected chi connectivity index (χ1v) is 7.56. The van der Waals surface area contributed by atoms with Gasteiger partial charge in [-0.2, -0.15) is 0 Å². The van der Waals surface area contributed by atoms with Gasteiger partial charge in [-0.15, -0.1) is 11.3 Å². The standard InChI is InChI=1S/C13H19N3O3S/c1-9-8-20-10(15-9)3-6-14-12(19)16-13(4-2-5-13)7-11(17)18/h8H,2-7H2,1H3,(H,17,18)(H2,14,16,19). The van der Waals surface area contributed by atoms with Crippen LogP contribution in [0.1, 0.15) is 36.4 Å². The van der Waals surface area contributed by atoms with Gasteiger partial charge in [-0.05, 0) is 26.2 Å². The first-order valence-electron chi connectivity index (χ1n) is 6.68. The topological polar surface area (TPSA) is 91.3 Å². The second kappa shape index (κ2) is 6.21. The predicted octanol–water partition coefficient (Wildman–Crippen LogP) is 1.69. The summed E-state index contributed by atoms with van der Waals surface area (Å²) in [4.78, 5) is 26.9. The molecule has 1 heterocycles. The molecular formula is C13H19N3O3S. The monoisotopic (exact) mass is 297 g/mol. The van der Waals surface area contributed by atoms with Crippen LogP contribution in [0.15, 0.2) is 5.38 Å². The third kappa shape index (κ3) is 3.93. The van der Waals surface area contributed by atoms with Crippen LogP contribution < -0.4 is 10.6 Å². The first kappa shape index (κ1) is 14.8. The maximum absolute atomic E-state index is 11.8. The fourth-order valence-corrected chi connectivity index (χ4v) is 3.10. The van der Waals surface area contributed by atoms with Crippen molar-refractivity contribution in [1.82, 2.24) is 15.6 Å².